The van der Waals surface area contributed by atoms with Gasteiger partial charge < -0.3 is 10.2 Å². The van der Waals surface area contributed by atoms with Crippen LogP contribution in [0.3, 0.4) is 0 Å². The maximum absolute atomic E-state index is 6.33. The fraction of sp³-hybridized carbons (Fsp3) is 0.125. The number of fused-ring (bicyclic) bond motifs is 1. The van der Waals surface area contributed by atoms with Crippen molar-refractivity contribution in [2.45, 2.75) is 13.0 Å². The summed E-state index contributed by atoms with van der Waals surface area (Å²) < 4.78 is 6.91. The molecule has 0 spiro atoms. The Morgan fingerprint density at radius 3 is 2.57 bits per heavy atom. The highest BCUT2D eigenvalue weighted by Crippen LogP contribution is 2.34. The summed E-state index contributed by atoms with van der Waals surface area (Å²) in [6, 6.07) is 10.9. The lowest BCUT2D eigenvalue weighted by molar-refractivity contribution is 0.521. The van der Waals surface area contributed by atoms with Gasteiger partial charge in [0.1, 0.15) is 11.3 Å². The van der Waals surface area contributed by atoms with Gasteiger partial charge in [-0.1, -0.05) is 45.2 Å². The van der Waals surface area contributed by atoms with E-state index in [1.54, 1.807) is 12.1 Å². The Labute approximate surface area is 141 Å². The number of aryl methyl sites for hydroxylation is 1. The predicted molar refractivity (Wildman–Crippen MR) is 91.1 cm³/mol. The predicted octanol–water partition coefficient (Wildman–Crippen LogP) is 5.86. The zero-order valence-corrected chi connectivity index (χ0v) is 14.3. The van der Waals surface area contributed by atoms with Crippen molar-refractivity contribution in [1.82, 2.24) is 0 Å². The molecule has 0 aliphatic heterocycles. The molecule has 0 aliphatic rings. The first kappa shape index (κ1) is 14.9. The average molecular weight is 385 g/mol. The molecule has 0 amide bonds. The third kappa shape index (κ3) is 2.71. The van der Waals surface area contributed by atoms with Gasteiger partial charge in [-0.05, 0) is 42.8 Å². The molecule has 1 unspecified atom stereocenters. The standard InChI is InChI=1S/C16H12BrCl2NO/c1-8-11-4-3-10(17)7-14(11)21-16(8)15(20)9-2-5-12(18)13(19)6-9/h2-7,15H,20H2,1H3. The fourth-order valence-electron chi connectivity index (χ4n) is 2.37. The van der Waals surface area contributed by atoms with Crippen LogP contribution in [0, 0.1) is 6.92 Å². The number of furan rings is 1. The van der Waals surface area contributed by atoms with Crippen LogP contribution in [0.4, 0.5) is 0 Å². The lowest BCUT2D eigenvalue weighted by Crippen LogP contribution is -2.12. The summed E-state index contributed by atoms with van der Waals surface area (Å²) in [5.74, 6) is 0.737. The van der Waals surface area contributed by atoms with E-state index >= 15 is 0 Å². The minimum Gasteiger partial charge on any atom is -0.459 e. The second kappa shape index (κ2) is 5.65. The van der Waals surface area contributed by atoms with Crippen LogP contribution >= 0.6 is 39.1 Å². The van der Waals surface area contributed by atoms with Gasteiger partial charge in [0.25, 0.3) is 0 Å². The van der Waals surface area contributed by atoms with Gasteiger partial charge in [-0.2, -0.15) is 0 Å². The summed E-state index contributed by atoms with van der Waals surface area (Å²) in [7, 11) is 0. The molecule has 0 fully saturated rings. The van der Waals surface area contributed by atoms with Crippen molar-refractivity contribution in [3.05, 3.63) is 67.8 Å². The van der Waals surface area contributed by atoms with Crippen molar-refractivity contribution in [3.8, 4) is 0 Å². The number of nitrogens with two attached hydrogens (primary N) is 1. The molecule has 108 valence electrons. The van der Waals surface area contributed by atoms with Gasteiger partial charge in [0.2, 0.25) is 0 Å². The van der Waals surface area contributed by atoms with Gasteiger partial charge in [0.15, 0.2) is 0 Å². The second-order valence-corrected chi connectivity index (χ2v) is 6.61. The minimum atomic E-state index is -0.383. The van der Waals surface area contributed by atoms with Gasteiger partial charge in [0, 0.05) is 15.4 Å². The van der Waals surface area contributed by atoms with Gasteiger partial charge in [0.05, 0.1) is 16.1 Å². The van der Waals surface area contributed by atoms with E-state index < -0.39 is 0 Å². The Hall–Kier alpha value is -1.000. The van der Waals surface area contributed by atoms with E-state index in [2.05, 4.69) is 15.9 Å². The number of rotatable bonds is 2. The third-order valence-electron chi connectivity index (χ3n) is 3.52. The summed E-state index contributed by atoms with van der Waals surface area (Å²) in [5, 5.41) is 2.06. The Balaban J connectivity index is 2.10. The van der Waals surface area contributed by atoms with Crippen molar-refractivity contribution < 1.29 is 4.42 Å². The van der Waals surface area contributed by atoms with Crippen molar-refractivity contribution in [2.24, 2.45) is 5.73 Å². The fourth-order valence-corrected chi connectivity index (χ4v) is 3.02. The quantitative estimate of drug-likeness (QED) is 0.601. The number of benzene rings is 2. The topological polar surface area (TPSA) is 39.2 Å². The number of hydrogen-bond acceptors (Lipinski definition) is 2. The van der Waals surface area contributed by atoms with Crippen molar-refractivity contribution >= 4 is 50.1 Å². The molecule has 3 rings (SSSR count). The van der Waals surface area contributed by atoms with E-state index in [1.807, 2.05) is 31.2 Å². The molecular formula is C16H12BrCl2NO. The normalized spacial score (nSPS) is 12.8. The van der Waals surface area contributed by atoms with Crippen molar-refractivity contribution in [1.29, 1.82) is 0 Å². The van der Waals surface area contributed by atoms with Crippen LogP contribution in [0.5, 0.6) is 0 Å². The average Bonchev–Trinajstić information content (AvgIpc) is 2.77. The van der Waals surface area contributed by atoms with Crippen LogP contribution in [0.1, 0.15) is 22.9 Å². The Kier molecular flexibility index (Phi) is 4.02. The molecule has 0 bridgehead atoms. The smallest absolute Gasteiger partial charge is 0.135 e. The Bertz CT molecular complexity index is 829. The van der Waals surface area contributed by atoms with Crippen molar-refractivity contribution in [3.63, 3.8) is 0 Å². The summed E-state index contributed by atoms with van der Waals surface area (Å²) in [6.07, 6.45) is 0. The summed E-state index contributed by atoms with van der Waals surface area (Å²) in [4.78, 5) is 0. The molecule has 0 radical (unpaired) electrons. The largest absolute Gasteiger partial charge is 0.459 e. The zero-order valence-electron chi connectivity index (χ0n) is 11.2. The number of hydrogen-bond donors (Lipinski definition) is 1. The van der Waals surface area contributed by atoms with Crippen LogP contribution in [0.2, 0.25) is 10.0 Å². The van der Waals surface area contributed by atoms with Gasteiger partial charge in [-0.15, -0.1) is 0 Å². The van der Waals surface area contributed by atoms with E-state index in [9.17, 15) is 0 Å². The molecule has 0 saturated heterocycles. The minimum absolute atomic E-state index is 0.383. The summed E-state index contributed by atoms with van der Waals surface area (Å²) >= 11 is 15.4. The molecule has 1 atom stereocenters. The molecule has 1 aromatic heterocycles. The highest BCUT2D eigenvalue weighted by atomic mass is 79.9. The number of halogens is 3. The highest BCUT2D eigenvalue weighted by Gasteiger charge is 2.19. The van der Waals surface area contributed by atoms with E-state index in [-0.39, 0.29) is 6.04 Å². The van der Waals surface area contributed by atoms with E-state index in [0.29, 0.717) is 10.0 Å². The maximum atomic E-state index is 6.33. The summed E-state index contributed by atoms with van der Waals surface area (Å²) in [6.45, 7) is 2.01. The molecule has 21 heavy (non-hydrogen) atoms. The first-order valence-electron chi connectivity index (χ1n) is 6.36. The lowest BCUT2D eigenvalue weighted by Gasteiger charge is -2.11. The van der Waals surface area contributed by atoms with Crippen LogP contribution in [0.25, 0.3) is 11.0 Å². The molecule has 2 nitrogen and oxygen atoms in total. The molecular weight excluding hydrogens is 373 g/mol. The molecule has 5 heteroatoms. The SMILES string of the molecule is Cc1c(C(N)c2ccc(Cl)c(Cl)c2)oc2cc(Br)ccc12. The van der Waals surface area contributed by atoms with E-state index in [0.717, 1.165) is 32.3 Å². The molecule has 1 heterocycles. The molecule has 3 aromatic rings. The lowest BCUT2D eigenvalue weighted by atomic mass is 10.0. The Morgan fingerprint density at radius 1 is 1.10 bits per heavy atom. The molecule has 2 aromatic carbocycles. The monoisotopic (exact) mass is 383 g/mol. The molecule has 0 saturated carbocycles. The first-order chi connectivity index (χ1) is 9.97. The van der Waals surface area contributed by atoms with E-state index in [1.165, 1.54) is 0 Å². The van der Waals surface area contributed by atoms with Crippen LogP contribution in [-0.4, -0.2) is 0 Å². The van der Waals surface area contributed by atoms with Crippen LogP contribution < -0.4 is 5.73 Å². The highest BCUT2D eigenvalue weighted by molar-refractivity contribution is 9.10. The van der Waals surface area contributed by atoms with Gasteiger partial charge >= 0.3 is 0 Å². The summed E-state index contributed by atoms with van der Waals surface area (Å²) in [5.41, 5.74) is 9.05. The second-order valence-electron chi connectivity index (χ2n) is 4.88. The first-order valence-corrected chi connectivity index (χ1v) is 7.91. The molecule has 2 N–H and O–H groups in total. The third-order valence-corrected chi connectivity index (χ3v) is 4.75. The van der Waals surface area contributed by atoms with Crippen LogP contribution in [0.15, 0.2) is 45.3 Å². The van der Waals surface area contributed by atoms with Crippen molar-refractivity contribution in [2.75, 3.05) is 0 Å². The van der Waals surface area contributed by atoms with Crippen LogP contribution in [-0.2, 0) is 0 Å². The Morgan fingerprint density at radius 2 is 1.86 bits per heavy atom. The van der Waals surface area contributed by atoms with Gasteiger partial charge in [-0.3, -0.25) is 0 Å². The van der Waals surface area contributed by atoms with Gasteiger partial charge in [-0.25, -0.2) is 0 Å². The maximum Gasteiger partial charge on any atom is 0.135 e. The molecule has 0 aliphatic carbocycles. The zero-order chi connectivity index (χ0) is 15.1. The van der Waals surface area contributed by atoms with E-state index in [4.69, 9.17) is 33.4 Å².